The first-order chi connectivity index (χ1) is 2.89. The van der Waals surface area contributed by atoms with Crippen LogP contribution in [0, 0.1) is 6.33 Å². The van der Waals surface area contributed by atoms with Gasteiger partial charge in [0.05, 0.1) is 0 Å². The van der Waals surface area contributed by atoms with Crippen LogP contribution in [-0.4, -0.2) is 9.55 Å². The predicted octanol–water partition coefficient (Wildman–Crippen LogP) is -2.78. The summed E-state index contributed by atoms with van der Waals surface area (Å²) in [5.74, 6) is 0. The molecule has 0 aliphatic heterocycles. The summed E-state index contributed by atoms with van der Waals surface area (Å²) in [5, 5.41) is 0. The molecule has 0 fully saturated rings. The number of aromatic nitrogens is 2. The molecular formula is C4H5N2Na. The summed E-state index contributed by atoms with van der Waals surface area (Å²) in [4.78, 5) is 3.66. The first-order valence-corrected chi connectivity index (χ1v) is 1.74. The fourth-order valence-corrected chi connectivity index (χ4v) is 0.291. The third kappa shape index (κ3) is 2.12. The van der Waals surface area contributed by atoms with Gasteiger partial charge < -0.3 is 9.55 Å². The Morgan fingerprint density at radius 2 is 2.43 bits per heavy atom. The molecule has 0 aliphatic rings. The van der Waals surface area contributed by atoms with Crippen molar-refractivity contribution in [3.05, 3.63) is 18.7 Å². The molecule has 0 N–H and O–H groups in total. The maximum Gasteiger partial charge on any atom is 1.00 e. The van der Waals surface area contributed by atoms with Gasteiger partial charge in [-0.3, -0.25) is 0 Å². The quantitative estimate of drug-likeness (QED) is 0.257. The second kappa shape index (κ2) is 3.24. The van der Waals surface area contributed by atoms with Crippen LogP contribution in [-0.2, 0) is 7.05 Å². The van der Waals surface area contributed by atoms with E-state index in [1.807, 2.05) is 13.2 Å². The normalized spacial score (nSPS) is 7.57. The van der Waals surface area contributed by atoms with Crippen molar-refractivity contribution in [2.75, 3.05) is 0 Å². The van der Waals surface area contributed by atoms with Crippen LogP contribution in [0.3, 0.4) is 0 Å². The van der Waals surface area contributed by atoms with E-state index in [1.165, 1.54) is 0 Å². The largest absolute Gasteiger partial charge is 1.00 e. The third-order valence-corrected chi connectivity index (χ3v) is 0.580. The van der Waals surface area contributed by atoms with Crippen LogP contribution in [0.5, 0.6) is 0 Å². The van der Waals surface area contributed by atoms with Gasteiger partial charge in [0.1, 0.15) is 0 Å². The Kier molecular flexibility index (Phi) is 3.34. The van der Waals surface area contributed by atoms with Gasteiger partial charge in [-0.15, -0.1) is 12.4 Å². The summed E-state index contributed by atoms with van der Waals surface area (Å²) in [6.07, 6.45) is 6.19. The van der Waals surface area contributed by atoms with Gasteiger partial charge in [-0.2, -0.15) is 0 Å². The summed E-state index contributed by atoms with van der Waals surface area (Å²) >= 11 is 0. The Hall–Kier alpha value is 0.210. The molecule has 0 atom stereocenters. The van der Waals surface area contributed by atoms with Crippen molar-refractivity contribution in [1.82, 2.24) is 9.55 Å². The Balaban J connectivity index is 0.000000360. The van der Waals surface area contributed by atoms with E-state index < -0.39 is 0 Å². The molecule has 1 aromatic heterocycles. The van der Waals surface area contributed by atoms with Crippen molar-refractivity contribution < 1.29 is 29.6 Å². The summed E-state index contributed by atoms with van der Waals surface area (Å²) < 4.78 is 1.76. The molecule has 0 unspecified atom stereocenters. The van der Waals surface area contributed by atoms with Crippen LogP contribution < -0.4 is 29.6 Å². The molecule has 0 aliphatic carbocycles. The van der Waals surface area contributed by atoms with Crippen molar-refractivity contribution in [2.24, 2.45) is 7.05 Å². The van der Waals surface area contributed by atoms with Gasteiger partial charge in [0.25, 0.3) is 0 Å². The topological polar surface area (TPSA) is 17.8 Å². The van der Waals surface area contributed by atoms with Crippen molar-refractivity contribution in [3.8, 4) is 0 Å². The van der Waals surface area contributed by atoms with Crippen molar-refractivity contribution >= 4 is 0 Å². The fourth-order valence-electron chi connectivity index (χ4n) is 0.291. The van der Waals surface area contributed by atoms with Crippen LogP contribution in [0.15, 0.2) is 12.4 Å². The first-order valence-electron chi connectivity index (χ1n) is 1.74. The van der Waals surface area contributed by atoms with E-state index in [-0.39, 0.29) is 29.6 Å². The van der Waals surface area contributed by atoms with Crippen molar-refractivity contribution in [3.63, 3.8) is 0 Å². The van der Waals surface area contributed by atoms with E-state index in [0.29, 0.717) is 0 Å². The second-order valence-electron chi connectivity index (χ2n) is 1.14. The zero-order chi connectivity index (χ0) is 4.41. The molecule has 3 heteroatoms. The number of imidazole rings is 1. The van der Waals surface area contributed by atoms with Crippen molar-refractivity contribution in [1.29, 1.82) is 0 Å². The van der Waals surface area contributed by atoms with E-state index in [9.17, 15) is 0 Å². The molecular weight excluding hydrogens is 99.0 g/mol. The van der Waals surface area contributed by atoms with Gasteiger partial charge in [-0.1, -0.05) is 0 Å². The Bertz CT molecular complexity index is 113. The van der Waals surface area contributed by atoms with Gasteiger partial charge in [0, 0.05) is 6.33 Å². The average molecular weight is 104 g/mol. The SMILES string of the molecule is Cn1[c-]ncc1.[Na+]. The molecule has 32 valence electrons. The van der Waals surface area contributed by atoms with Gasteiger partial charge >= 0.3 is 29.6 Å². The predicted molar refractivity (Wildman–Crippen MR) is 22.0 cm³/mol. The number of hydrogen-bond donors (Lipinski definition) is 0. The molecule has 0 amide bonds. The zero-order valence-electron chi connectivity index (χ0n) is 4.55. The maximum absolute atomic E-state index is 3.66. The van der Waals surface area contributed by atoms with E-state index >= 15 is 0 Å². The summed E-state index contributed by atoms with van der Waals surface area (Å²) in [5.41, 5.74) is 0. The minimum atomic E-state index is 0. The van der Waals surface area contributed by atoms with Gasteiger partial charge in [0.2, 0.25) is 0 Å². The molecule has 0 radical (unpaired) electrons. The molecule has 0 saturated heterocycles. The Labute approximate surface area is 64.8 Å². The number of nitrogens with zero attached hydrogens (tertiary/aromatic N) is 2. The van der Waals surface area contributed by atoms with Gasteiger partial charge in [0.15, 0.2) is 0 Å². The summed E-state index contributed by atoms with van der Waals surface area (Å²) in [7, 11) is 1.88. The van der Waals surface area contributed by atoms with Crippen molar-refractivity contribution in [2.45, 2.75) is 0 Å². The van der Waals surface area contributed by atoms with E-state index in [2.05, 4.69) is 11.3 Å². The van der Waals surface area contributed by atoms with Gasteiger partial charge in [-0.05, 0) is 7.05 Å². The zero-order valence-corrected chi connectivity index (χ0v) is 6.55. The molecule has 0 bridgehead atoms. The Morgan fingerprint density at radius 1 is 1.71 bits per heavy atom. The van der Waals surface area contributed by atoms with Crippen LogP contribution in [0.2, 0.25) is 0 Å². The van der Waals surface area contributed by atoms with E-state index in [0.717, 1.165) is 0 Å². The summed E-state index contributed by atoms with van der Waals surface area (Å²) in [6, 6.07) is 0. The monoisotopic (exact) mass is 104 g/mol. The molecule has 1 rings (SSSR count). The van der Waals surface area contributed by atoms with E-state index in [4.69, 9.17) is 0 Å². The standard InChI is InChI=1S/C4H5N2.Na/c1-6-3-2-5-4-6;/h2-3H,1H3;/q-1;+1. The molecule has 0 saturated carbocycles. The maximum atomic E-state index is 3.66. The van der Waals surface area contributed by atoms with Crippen LogP contribution in [0.25, 0.3) is 0 Å². The number of rotatable bonds is 0. The number of aryl methyl sites for hydroxylation is 1. The minimum absolute atomic E-state index is 0. The molecule has 1 heterocycles. The first kappa shape index (κ1) is 7.21. The van der Waals surface area contributed by atoms with Crippen LogP contribution in [0.4, 0.5) is 0 Å². The molecule has 0 aromatic carbocycles. The van der Waals surface area contributed by atoms with Crippen LogP contribution >= 0.6 is 0 Å². The third-order valence-electron chi connectivity index (χ3n) is 0.580. The molecule has 1 aromatic rings. The smallest absolute Gasteiger partial charge is 0.457 e. The van der Waals surface area contributed by atoms with Crippen LogP contribution in [0.1, 0.15) is 0 Å². The second-order valence-corrected chi connectivity index (χ2v) is 1.14. The summed E-state index contributed by atoms with van der Waals surface area (Å²) in [6.45, 7) is 0. The average Bonchev–Trinajstić information content (AvgIpc) is 1.86. The molecule has 7 heavy (non-hydrogen) atoms. The molecule has 2 nitrogen and oxygen atoms in total. The fraction of sp³-hybridized carbons (Fsp3) is 0.250. The van der Waals surface area contributed by atoms with Gasteiger partial charge in [-0.25, -0.2) is 0 Å². The Morgan fingerprint density at radius 3 is 2.57 bits per heavy atom. The number of hydrogen-bond acceptors (Lipinski definition) is 1. The molecule has 0 spiro atoms. The van der Waals surface area contributed by atoms with E-state index in [1.54, 1.807) is 10.8 Å². The minimum Gasteiger partial charge on any atom is -0.457 e.